The Bertz CT molecular complexity index is 2010. The van der Waals surface area contributed by atoms with Gasteiger partial charge in [0, 0.05) is 69.9 Å². The fourth-order valence-corrected chi connectivity index (χ4v) is 6.03. The third kappa shape index (κ3) is 2.91. The van der Waals surface area contributed by atoms with E-state index >= 15 is 0 Å². The van der Waals surface area contributed by atoms with Gasteiger partial charge in [-0.25, -0.2) is 0 Å². The molecule has 178 valence electrons. The molecule has 0 aliphatic rings. The average molecular weight is 482 g/mol. The van der Waals surface area contributed by atoms with Gasteiger partial charge in [0.15, 0.2) is 0 Å². The van der Waals surface area contributed by atoms with Crippen molar-refractivity contribution in [1.29, 1.82) is 0 Å². The summed E-state index contributed by atoms with van der Waals surface area (Å²) < 4.78 is 4.59. The van der Waals surface area contributed by atoms with Crippen molar-refractivity contribution >= 4 is 49.3 Å². The Morgan fingerprint density at radius 1 is 0.568 bits per heavy atom. The zero-order chi connectivity index (χ0) is 25.3. The van der Waals surface area contributed by atoms with Gasteiger partial charge in [-0.1, -0.05) is 66.7 Å². The summed E-state index contributed by atoms with van der Waals surface area (Å²) >= 11 is 0. The fourth-order valence-electron chi connectivity index (χ4n) is 6.03. The maximum absolute atomic E-state index is 11.5. The highest BCUT2D eigenvalue weighted by Crippen LogP contribution is 2.50. The number of fused-ring (bicyclic) bond motifs is 7. The number of non-ortho nitro benzene ring substituents is 1. The molecule has 5 heteroatoms. The zero-order valence-corrected chi connectivity index (χ0v) is 20.5. The average Bonchev–Trinajstić information content (AvgIpc) is 3.40. The van der Waals surface area contributed by atoms with Crippen LogP contribution in [0.3, 0.4) is 0 Å². The topological polar surface area (TPSA) is 53.0 Å². The summed E-state index contributed by atoms with van der Waals surface area (Å²) in [6, 6.07) is 34.5. The number of rotatable bonds is 3. The van der Waals surface area contributed by atoms with Gasteiger partial charge in [-0.2, -0.15) is 0 Å². The molecule has 0 N–H and O–H groups in total. The Balaban J connectivity index is 1.83. The molecule has 0 saturated heterocycles. The molecule has 5 aromatic carbocycles. The SMILES string of the molecule is Cn1c2ccccc2c2c(-c3ccccc3)c(-c3ccc([N+](=O)[O-])cc3)c3c4ccccc4n(C)c3c21. The van der Waals surface area contributed by atoms with Gasteiger partial charge in [0.1, 0.15) is 0 Å². The molecule has 7 rings (SSSR count). The number of aromatic nitrogens is 2. The normalized spacial score (nSPS) is 11.7. The third-order valence-corrected chi connectivity index (χ3v) is 7.62. The lowest BCUT2D eigenvalue weighted by atomic mass is 9.87. The Hall–Kier alpha value is -4.90. The maximum Gasteiger partial charge on any atom is 0.269 e. The molecule has 2 heterocycles. The van der Waals surface area contributed by atoms with Crippen molar-refractivity contribution in [3.8, 4) is 22.3 Å². The highest BCUT2D eigenvalue weighted by atomic mass is 16.6. The molecule has 0 fully saturated rings. The predicted molar refractivity (Wildman–Crippen MR) is 152 cm³/mol. The van der Waals surface area contributed by atoms with Crippen molar-refractivity contribution in [2.75, 3.05) is 0 Å². The van der Waals surface area contributed by atoms with Gasteiger partial charge >= 0.3 is 0 Å². The number of nitrogens with zero attached hydrogens (tertiary/aromatic N) is 3. The molecular weight excluding hydrogens is 458 g/mol. The molecule has 0 radical (unpaired) electrons. The Morgan fingerprint density at radius 3 is 1.49 bits per heavy atom. The molecule has 0 saturated carbocycles. The first-order chi connectivity index (χ1) is 18.1. The van der Waals surface area contributed by atoms with E-state index in [0.717, 1.165) is 44.1 Å². The number of nitro benzene ring substituents is 1. The van der Waals surface area contributed by atoms with Gasteiger partial charge in [-0.05, 0) is 35.4 Å². The van der Waals surface area contributed by atoms with Crippen molar-refractivity contribution < 1.29 is 4.92 Å². The molecule has 37 heavy (non-hydrogen) atoms. The first-order valence-electron chi connectivity index (χ1n) is 12.3. The van der Waals surface area contributed by atoms with Crippen molar-refractivity contribution in [1.82, 2.24) is 9.13 Å². The molecule has 0 aliphatic heterocycles. The summed E-state index contributed by atoms with van der Waals surface area (Å²) in [6.45, 7) is 0. The largest absolute Gasteiger partial charge is 0.342 e. The van der Waals surface area contributed by atoms with Crippen LogP contribution in [0.1, 0.15) is 0 Å². The molecule has 0 unspecified atom stereocenters. The molecule has 0 bridgehead atoms. The molecular formula is C32H23N3O2. The van der Waals surface area contributed by atoms with Crippen molar-refractivity contribution in [3.63, 3.8) is 0 Å². The second kappa shape index (κ2) is 7.80. The Morgan fingerprint density at radius 2 is 1.00 bits per heavy atom. The molecule has 7 aromatic rings. The van der Waals surface area contributed by atoms with E-state index in [-0.39, 0.29) is 10.6 Å². The first kappa shape index (κ1) is 21.4. The van der Waals surface area contributed by atoms with Crippen LogP contribution in [0.25, 0.3) is 65.9 Å². The third-order valence-electron chi connectivity index (χ3n) is 7.62. The van der Waals surface area contributed by atoms with Crippen LogP contribution in [0.2, 0.25) is 0 Å². The standard InChI is InChI=1S/C32H23N3O2/c1-33-25-14-8-6-12-23(25)29-27(20-10-4-3-5-11-20)28(21-16-18-22(19-17-21)35(36)37)30-24-13-7-9-15-26(24)34(2)32(30)31(29)33/h3-19H,1-2H3. The lowest BCUT2D eigenvalue weighted by molar-refractivity contribution is -0.384. The van der Waals surface area contributed by atoms with Gasteiger partial charge in [-0.3, -0.25) is 10.1 Å². The van der Waals surface area contributed by atoms with Crippen LogP contribution in [0, 0.1) is 10.1 Å². The van der Waals surface area contributed by atoms with Crippen LogP contribution in [0.4, 0.5) is 5.69 Å². The van der Waals surface area contributed by atoms with Crippen LogP contribution in [0.15, 0.2) is 103 Å². The van der Waals surface area contributed by atoms with Gasteiger partial charge in [0.2, 0.25) is 0 Å². The number of nitro groups is 1. The van der Waals surface area contributed by atoms with Crippen LogP contribution in [-0.2, 0) is 14.1 Å². The van der Waals surface area contributed by atoms with E-state index in [1.807, 2.05) is 18.2 Å². The van der Waals surface area contributed by atoms with Crippen LogP contribution in [0.5, 0.6) is 0 Å². The van der Waals surface area contributed by atoms with Crippen LogP contribution < -0.4 is 0 Å². The predicted octanol–water partition coefficient (Wildman–Crippen LogP) is 8.22. The Labute approximate surface area is 212 Å². The van der Waals surface area contributed by atoms with Crippen molar-refractivity contribution in [2.24, 2.45) is 14.1 Å². The first-order valence-corrected chi connectivity index (χ1v) is 12.3. The quantitative estimate of drug-likeness (QED) is 0.189. The molecule has 0 amide bonds. The minimum absolute atomic E-state index is 0.0883. The minimum Gasteiger partial charge on any atom is -0.342 e. The van der Waals surface area contributed by atoms with Gasteiger partial charge in [0.25, 0.3) is 5.69 Å². The van der Waals surface area contributed by atoms with E-state index in [1.54, 1.807) is 12.1 Å². The molecule has 5 nitrogen and oxygen atoms in total. The number of hydrogen-bond donors (Lipinski definition) is 0. The highest BCUT2D eigenvalue weighted by molar-refractivity contribution is 6.32. The second-order valence-corrected chi connectivity index (χ2v) is 9.52. The monoisotopic (exact) mass is 481 g/mol. The van der Waals surface area contributed by atoms with E-state index in [4.69, 9.17) is 0 Å². The number of hydrogen-bond acceptors (Lipinski definition) is 2. The zero-order valence-electron chi connectivity index (χ0n) is 20.5. The Kier molecular flexibility index (Phi) is 4.51. The van der Waals surface area contributed by atoms with Crippen molar-refractivity contribution in [3.05, 3.63) is 113 Å². The van der Waals surface area contributed by atoms with E-state index in [1.165, 1.54) is 21.8 Å². The summed E-state index contributed by atoms with van der Waals surface area (Å²) in [5.74, 6) is 0. The molecule has 2 aromatic heterocycles. The summed E-state index contributed by atoms with van der Waals surface area (Å²) in [5, 5.41) is 16.2. The lowest BCUT2D eigenvalue weighted by Gasteiger charge is -2.17. The van der Waals surface area contributed by atoms with E-state index < -0.39 is 0 Å². The van der Waals surface area contributed by atoms with E-state index in [9.17, 15) is 10.1 Å². The van der Waals surface area contributed by atoms with Gasteiger partial charge in [-0.15, -0.1) is 0 Å². The number of para-hydroxylation sites is 2. The smallest absolute Gasteiger partial charge is 0.269 e. The highest BCUT2D eigenvalue weighted by Gasteiger charge is 2.26. The lowest BCUT2D eigenvalue weighted by Crippen LogP contribution is -1.96. The van der Waals surface area contributed by atoms with E-state index in [0.29, 0.717) is 0 Å². The second-order valence-electron chi connectivity index (χ2n) is 9.52. The molecule has 0 spiro atoms. The molecule has 0 atom stereocenters. The molecule has 0 aliphatic carbocycles. The van der Waals surface area contributed by atoms with Gasteiger partial charge in [0.05, 0.1) is 16.0 Å². The van der Waals surface area contributed by atoms with Crippen LogP contribution in [-0.4, -0.2) is 14.1 Å². The maximum atomic E-state index is 11.5. The van der Waals surface area contributed by atoms with Gasteiger partial charge < -0.3 is 9.13 Å². The van der Waals surface area contributed by atoms with Crippen molar-refractivity contribution in [2.45, 2.75) is 0 Å². The van der Waals surface area contributed by atoms with E-state index in [2.05, 4.69) is 96.0 Å². The number of benzene rings is 5. The summed E-state index contributed by atoms with van der Waals surface area (Å²) in [4.78, 5) is 11.1. The van der Waals surface area contributed by atoms with Crippen LogP contribution >= 0.6 is 0 Å². The number of aryl methyl sites for hydroxylation is 2. The summed E-state index contributed by atoms with van der Waals surface area (Å²) in [5.41, 5.74) is 9.06. The fraction of sp³-hybridized carbons (Fsp3) is 0.0625. The summed E-state index contributed by atoms with van der Waals surface area (Å²) in [6.07, 6.45) is 0. The summed E-state index contributed by atoms with van der Waals surface area (Å²) in [7, 11) is 4.27. The minimum atomic E-state index is -0.344.